The van der Waals surface area contributed by atoms with Gasteiger partial charge in [-0.05, 0) is 69.4 Å². The van der Waals surface area contributed by atoms with E-state index in [4.69, 9.17) is 4.74 Å². The molecule has 1 aromatic carbocycles. The number of aryl methyl sites for hydroxylation is 1. The number of rotatable bonds is 10. The summed E-state index contributed by atoms with van der Waals surface area (Å²) in [7, 11) is -3.54. The molecule has 1 saturated heterocycles. The second-order valence-corrected chi connectivity index (χ2v) is 11.8. The predicted octanol–water partition coefficient (Wildman–Crippen LogP) is 2.52. The number of benzene rings is 1. The lowest BCUT2D eigenvalue weighted by atomic mass is 9.81. The highest BCUT2D eigenvalue weighted by Crippen LogP contribution is 2.29. The Hall–Kier alpha value is -1.97. The van der Waals surface area contributed by atoms with Crippen molar-refractivity contribution >= 4 is 21.8 Å². The Labute approximate surface area is 203 Å². The third-order valence-corrected chi connectivity index (χ3v) is 8.33. The molecule has 0 spiro atoms. The molecule has 2 atom stereocenters. The molecule has 3 N–H and O–H groups in total. The van der Waals surface area contributed by atoms with Gasteiger partial charge in [-0.2, -0.15) is 0 Å². The molecular weight excluding hydrogens is 454 g/mol. The Morgan fingerprint density at radius 3 is 2.29 bits per heavy atom. The first-order valence-corrected chi connectivity index (χ1v) is 13.9. The van der Waals surface area contributed by atoms with E-state index in [1.807, 2.05) is 20.8 Å². The van der Waals surface area contributed by atoms with Crippen molar-refractivity contribution in [3.63, 3.8) is 0 Å². The molecular formula is C25H39N3O5S. The summed E-state index contributed by atoms with van der Waals surface area (Å²) in [6.45, 7) is 7.34. The molecule has 0 bridgehead atoms. The quantitative estimate of drug-likeness (QED) is 0.464. The standard InChI is InChI=1S/C25H39N3O5S/c1-17(2)23(25(30)26-16-21-5-4-14-33-21)28-24(29)20-10-8-19(9-11-20)15-27-34(31,32)22-12-6-18(3)7-13-22/h6-7,12-13,17,19-21,23,27H,4-5,8-11,14-16H2,1-3H3,(H,26,30)(H,28,29)/t19?,20?,21-,23+/m0/s1. The van der Waals surface area contributed by atoms with Gasteiger partial charge in [0.25, 0.3) is 0 Å². The van der Waals surface area contributed by atoms with Crippen molar-refractivity contribution in [3.8, 4) is 0 Å². The molecule has 34 heavy (non-hydrogen) atoms. The van der Waals surface area contributed by atoms with E-state index in [2.05, 4.69) is 15.4 Å². The van der Waals surface area contributed by atoms with E-state index in [-0.39, 0.29) is 40.6 Å². The Kier molecular flexibility index (Phi) is 9.50. The van der Waals surface area contributed by atoms with Crippen molar-refractivity contribution in [2.45, 2.75) is 76.3 Å². The Morgan fingerprint density at radius 1 is 1.03 bits per heavy atom. The maximum Gasteiger partial charge on any atom is 0.242 e. The van der Waals surface area contributed by atoms with Gasteiger partial charge in [0.2, 0.25) is 21.8 Å². The zero-order chi connectivity index (χ0) is 24.7. The van der Waals surface area contributed by atoms with Crippen molar-refractivity contribution in [1.82, 2.24) is 15.4 Å². The van der Waals surface area contributed by atoms with Crippen molar-refractivity contribution in [2.24, 2.45) is 17.8 Å². The molecule has 1 aromatic rings. The summed E-state index contributed by atoms with van der Waals surface area (Å²) in [5, 5.41) is 5.88. The van der Waals surface area contributed by atoms with Crippen LogP contribution >= 0.6 is 0 Å². The highest BCUT2D eigenvalue weighted by atomic mass is 32.2. The zero-order valence-electron chi connectivity index (χ0n) is 20.5. The first-order valence-electron chi connectivity index (χ1n) is 12.4. The van der Waals surface area contributed by atoms with Crippen LogP contribution in [0.4, 0.5) is 0 Å². The summed E-state index contributed by atoms with van der Waals surface area (Å²) >= 11 is 0. The van der Waals surface area contributed by atoms with Gasteiger partial charge in [0.05, 0.1) is 11.0 Å². The molecule has 0 unspecified atom stereocenters. The van der Waals surface area contributed by atoms with E-state index in [1.165, 1.54) is 0 Å². The number of sulfonamides is 1. The minimum atomic E-state index is -3.54. The number of carbonyl (C=O) groups excluding carboxylic acids is 2. The molecule has 190 valence electrons. The Bertz CT molecular complexity index is 918. The summed E-state index contributed by atoms with van der Waals surface area (Å²) < 4.78 is 33.3. The summed E-state index contributed by atoms with van der Waals surface area (Å²) in [5.74, 6) is -0.249. The fourth-order valence-corrected chi connectivity index (χ4v) is 5.71. The van der Waals surface area contributed by atoms with Crippen LogP contribution in [-0.4, -0.2) is 52.1 Å². The van der Waals surface area contributed by atoms with E-state index < -0.39 is 16.1 Å². The lowest BCUT2D eigenvalue weighted by Crippen LogP contribution is -2.52. The number of ether oxygens (including phenoxy) is 1. The molecule has 1 aliphatic heterocycles. The fourth-order valence-electron chi connectivity index (χ4n) is 4.59. The number of nitrogens with one attached hydrogen (secondary N) is 3. The van der Waals surface area contributed by atoms with Gasteiger partial charge < -0.3 is 15.4 Å². The molecule has 0 aromatic heterocycles. The molecule has 1 aliphatic carbocycles. The van der Waals surface area contributed by atoms with Gasteiger partial charge in [0, 0.05) is 25.6 Å². The van der Waals surface area contributed by atoms with Gasteiger partial charge >= 0.3 is 0 Å². The molecule has 2 amide bonds. The molecule has 8 nitrogen and oxygen atoms in total. The molecule has 2 aliphatic rings. The predicted molar refractivity (Wildman–Crippen MR) is 131 cm³/mol. The first-order chi connectivity index (χ1) is 16.2. The fraction of sp³-hybridized carbons (Fsp3) is 0.680. The zero-order valence-corrected chi connectivity index (χ0v) is 21.3. The van der Waals surface area contributed by atoms with Crippen molar-refractivity contribution in [2.75, 3.05) is 19.7 Å². The number of amides is 2. The smallest absolute Gasteiger partial charge is 0.242 e. The second-order valence-electron chi connectivity index (χ2n) is 9.99. The van der Waals surface area contributed by atoms with Gasteiger partial charge in [0.15, 0.2) is 0 Å². The van der Waals surface area contributed by atoms with Crippen LogP contribution in [0.25, 0.3) is 0 Å². The lowest BCUT2D eigenvalue weighted by molar-refractivity contribution is -0.133. The van der Waals surface area contributed by atoms with Crippen LogP contribution in [0.1, 0.15) is 57.9 Å². The summed E-state index contributed by atoms with van der Waals surface area (Å²) in [5.41, 5.74) is 1.01. The molecule has 2 fully saturated rings. The van der Waals surface area contributed by atoms with E-state index in [0.29, 0.717) is 25.9 Å². The van der Waals surface area contributed by atoms with Gasteiger partial charge in [-0.3, -0.25) is 9.59 Å². The van der Waals surface area contributed by atoms with E-state index in [9.17, 15) is 18.0 Å². The average Bonchev–Trinajstić information content (AvgIpc) is 3.34. The normalized spacial score (nSPS) is 24.1. The lowest BCUT2D eigenvalue weighted by Gasteiger charge is -2.30. The summed E-state index contributed by atoms with van der Waals surface area (Å²) in [6.07, 6.45) is 4.93. The van der Waals surface area contributed by atoms with Gasteiger partial charge in [-0.1, -0.05) is 31.5 Å². The van der Waals surface area contributed by atoms with Crippen LogP contribution in [0.15, 0.2) is 29.2 Å². The number of hydrogen-bond acceptors (Lipinski definition) is 5. The second kappa shape index (κ2) is 12.1. The van der Waals surface area contributed by atoms with Crippen LogP contribution in [0, 0.1) is 24.7 Å². The first kappa shape index (κ1) is 26.6. The molecule has 9 heteroatoms. The third kappa shape index (κ3) is 7.52. The van der Waals surface area contributed by atoms with E-state index in [1.54, 1.807) is 24.3 Å². The molecule has 0 radical (unpaired) electrons. The van der Waals surface area contributed by atoms with Crippen LogP contribution in [-0.2, 0) is 24.3 Å². The van der Waals surface area contributed by atoms with E-state index >= 15 is 0 Å². The molecule has 1 heterocycles. The SMILES string of the molecule is Cc1ccc(S(=O)(=O)NCC2CCC(C(=O)N[C@@H](C(=O)NC[C@@H]3CCCO3)C(C)C)CC2)cc1. The Balaban J connectivity index is 1.43. The monoisotopic (exact) mass is 493 g/mol. The number of carbonyl (C=O) groups is 2. The van der Waals surface area contributed by atoms with Crippen LogP contribution in [0.2, 0.25) is 0 Å². The molecule has 3 rings (SSSR count). The minimum Gasteiger partial charge on any atom is -0.376 e. The van der Waals surface area contributed by atoms with Crippen molar-refractivity contribution in [3.05, 3.63) is 29.8 Å². The van der Waals surface area contributed by atoms with Gasteiger partial charge in [-0.25, -0.2) is 13.1 Å². The summed E-state index contributed by atoms with van der Waals surface area (Å²) in [6, 6.07) is 6.21. The largest absolute Gasteiger partial charge is 0.376 e. The third-order valence-electron chi connectivity index (χ3n) is 6.89. The number of hydrogen-bond donors (Lipinski definition) is 3. The van der Waals surface area contributed by atoms with Crippen LogP contribution < -0.4 is 15.4 Å². The topological polar surface area (TPSA) is 114 Å². The van der Waals surface area contributed by atoms with Crippen molar-refractivity contribution in [1.29, 1.82) is 0 Å². The van der Waals surface area contributed by atoms with Gasteiger partial charge in [-0.15, -0.1) is 0 Å². The maximum absolute atomic E-state index is 12.9. The molecule has 1 saturated carbocycles. The van der Waals surface area contributed by atoms with Gasteiger partial charge in [0.1, 0.15) is 6.04 Å². The van der Waals surface area contributed by atoms with E-state index in [0.717, 1.165) is 37.9 Å². The highest BCUT2D eigenvalue weighted by Gasteiger charge is 2.31. The van der Waals surface area contributed by atoms with Crippen LogP contribution in [0.3, 0.4) is 0 Å². The maximum atomic E-state index is 12.9. The summed E-state index contributed by atoms with van der Waals surface area (Å²) in [4.78, 5) is 25.8. The average molecular weight is 494 g/mol. The van der Waals surface area contributed by atoms with Crippen molar-refractivity contribution < 1.29 is 22.7 Å². The Morgan fingerprint density at radius 2 is 1.71 bits per heavy atom. The highest BCUT2D eigenvalue weighted by molar-refractivity contribution is 7.89. The van der Waals surface area contributed by atoms with Crippen LogP contribution in [0.5, 0.6) is 0 Å². The minimum absolute atomic E-state index is 0.0269.